The highest BCUT2D eigenvalue weighted by Gasteiger charge is 2.22. The van der Waals surface area contributed by atoms with Crippen molar-refractivity contribution in [3.8, 4) is 12.3 Å². The summed E-state index contributed by atoms with van der Waals surface area (Å²) in [5.74, 6) is 1.73. The fourth-order valence-electron chi connectivity index (χ4n) is 1.07. The zero-order valence-electron chi connectivity index (χ0n) is 9.19. The number of terminal acetylenes is 1. The molecule has 84 valence electrons. The van der Waals surface area contributed by atoms with Gasteiger partial charge < -0.3 is 10.4 Å². The van der Waals surface area contributed by atoms with Crippen LogP contribution in [0.1, 0.15) is 30.6 Å². The van der Waals surface area contributed by atoms with E-state index in [0.29, 0.717) is 6.42 Å². The van der Waals surface area contributed by atoms with E-state index in [1.807, 2.05) is 6.92 Å². The molecule has 0 fully saturated rings. The molecule has 0 aliphatic carbocycles. The highest BCUT2D eigenvalue weighted by molar-refractivity contribution is 5.92. The Balaban J connectivity index is 3.07. The van der Waals surface area contributed by atoms with Crippen LogP contribution in [-0.4, -0.2) is 26.6 Å². The monoisotopic (exact) mass is 219 g/mol. The third kappa shape index (κ3) is 2.48. The van der Waals surface area contributed by atoms with E-state index in [4.69, 9.17) is 11.5 Å². The smallest absolute Gasteiger partial charge is 0.341 e. The van der Waals surface area contributed by atoms with Crippen molar-refractivity contribution < 1.29 is 9.90 Å². The molecule has 0 bridgehead atoms. The number of hydrogen-bond donors (Lipinski definition) is 2. The Morgan fingerprint density at radius 2 is 2.44 bits per heavy atom. The van der Waals surface area contributed by atoms with E-state index in [0.717, 1.165) is 0 Å². The number of nitrogens with one attached hydrogen (secondary N) is 1. The maximum Gasteiger partial charge on any atom is 0.341 e. The molecule has 0 radical (unpaired) electrons. The molecule has 0 amide bonds. The summed E-state index contributed by atoms with van der Waals surface area (Å²) in [5, 5.41) is 11.9. The molecule has 0 spiro atoms. The minimum absolute atomic E-state index is 0.0115. The average molecular weight is 219 g/mol. The Hall–Kier alpha value is -2.09. The lowest BCUT2D eigenvalue weighted by Crippen LogP contribution is -2.33. The fourth-order valence-corrected chi connectivity index (χ4v) is 1.07. The van der Waals surface area contributed by atoms with E-state index in [1.54, 1.807) is 6.92 Å². The molecular formula is C11H13N3O2. The van der Waals surface area contributed by atoms with Gasteiger partial charge in [0.2, 0.25) is 0 Å². The zero-order valence-corrected chi connectivity index (χ0v) is 9.19. The van der Waals surface area contributed by atoms with Gasteiger partial charge in [-0.3, -0.25) is 0 Å². The van der Waals surface area contributed by atoms with E-state index < -0.39 is 11.5 Å². The quantitative estimate of drug-likeness (QED) is 0.748. The number of anilines is 1. The molecule has 1 heterocycles. The van der Waals surface area contributed by atoms with Crippen molar-refractivity contribution in [3.63, 3.8) is 0 Å². The lowest BCUT2D eigenvalue weighted by Gasteiger charge is -2.24. The van der Waals surface area contributed by atoms with Crippen molar-refractivity contribution in [1.29, 1.82) is 0 Å². The topological polar surface area (TPSA) is 75.1 Å². The van der Waals surface area contributed by atoms with Crippen LogP contribution in [0.4, 0.5) is 5.82 Å². The molecular weight excluding hydrogens is 206 g/mol. The third-order valence-corrected chi connectivity index (χ3v) is 2.36. The van der Waals surface area contributed by atoms with Crippen molar-refractivity contribution >= 4 is 11.8 Å². The number of nitrogens with zero attached hydrogens (tertiary/aromatic N) is 2. The summed E-state index contributed by atoms with van der Waals surface area (Å²) >= 11 is 0. The second kappa shape index (κ2) is 4.62. The summed E-state index contributed by atoms with van der Waals surface area (Å²) in [7, 11) is 0. The van der Waals surface area contributed by atoms with Crippen molar-refractivity contribution in [2.45, 2.75) is 25.8 Å². The van der Waals surface area contributed by atoms with Crippen LogP contribution >= 0.6 is 0 Å². The highest BCUT2D eigenvalue weighted by Crippen LogP contribution is 2.18. The van der Waals surface area contributed by atoms with E-state index in [-0.39, 0.29) is 11.4 Å². The van der Waals surface area contributed by atoms with Crippen LogP contribution in [0, 0.1) is 12.3 Å². The van der Waals surface area contributed by atoms with Crippen molar-refractivity contribution in [2.24, 2.45) is 0 Å². The molecule has 1 unspecified atom stereocenters. The van der Waals surface area contributed by atoms with Crippen LogP contribution in [-0.2, 0) is 0 Å². The van der Waals surface area contributed by atoms with Gasteiger partial charge in [-0.2, -0.15) is 0 Å². The van der Waals surface area contributed by atoms with Gasteiger partial charge in [0.15, 0.2) is 0 Å². The number of hydrogen-bond acceptors (Lipinski definition) is 4. The van der Waals surface area contributed by atoms with Gasteiger partial charge >= 0.3 is 5.97 Å². The lowest BCUT2D eigenvalue weighted by atomic mass is 10.00. The van der Waals surface area contributed by atoms with Gasteiger partial charge in [-0.05, 0) is 13.3 Å². The van der Waals surface area contributed by atoms with Crippen LogP contribution in [0.5, 0.6) is 0 Å². The summed E-state index contributed by atoms with van der Waals surface area (Å²) in [4.78, 5) is 18.5. The summed E-state index contributed by atoms with van der Waals surface area (Å²) in [6, 6.07) is 0. The normalized spacial score (nSPS) is 13.6. The number of carbonyl (C=O) groups is 1. The van der Waals surface area contributed by atoms with Gasteiger partial charge in [0.1, 0.15) is 17.7 Å². The summed E-state index contributed by atoms with van der Waals surface area (Å²) in [6.07, 6.45) is 8.57. The number of aromatic nitrogens is 2. The average Bonchev–Trinajstić information content (AvgIpc) is 2.29. The van der Waals surface area contributed by atoms with Crippen molar-refractivity contribution in [3.05, 3.63) is 18.1 Å². The van der Waals surface area contributed by atoms with Crippen molar-refractivity contribution in [2.75, 3.05) is 5.32 Å². The molecule has 1 rings (SSSR count). The van der Waals surface area contributed by atoms with E-state index >= 15 is 0 Å². The SMILES string of the molecule is C#CC(C)(CC)Nc1ncncc1C(=O)O. The first-order valence-corrected chi connectivity index (χ1v) is 4.81. The van der Waals surface area contributed by atoms with Gasteiger partial charge in [-0.1, -0.05) is 12.8 Å². The maximum absolute atomic E-state index is 10.9. The molecule has 1 atom stereocenters. The standard InChI is InChI=1S/C11H13N3O2/c1-4-11(3,5-2)14-9-8(10(15)16)6-12-7-13-9/h1,6-7H,5H2,2-3H3,(H,15,16)(H,12,13,14). The molecule has 0 aliphatic rings. The maximum atomic E-state index is 10.9. The number of aromatic carboxylic acids is 1. The van der Waals surface area contributed by atoms with Gasteiger partial charge in [0, 0.05) is 6.20 Å². The minimum atomic E-state index is -1.08. The highest BCUT2D eigenvalue weighted by atomic mass is 16.4. The third-order valence-electron chi connectivity index (χ3n) is 2.36. The second-order valence-corrected chi connectivity index (χ2v) is 3.55. The second-order valence-electron chi connectivity index (χ2n) is 3.55. The predicted molar refractivity (Wildman–Crippen MR) is 60.1 cm³/mol. The van der Waals surface area contributed by atoms with Crippen LogP contribution in [0.2, 0.25) is 0 Å². The number of carboxylic acid groups (broad SMARTS) is 1. The molecule has 5 nitrogen and oxygen atoms in total. The molecule has 1 aromatic rings. The van der Waals surface area contributed by atoms with E-state index in [2.05, 4.69) is 21.2 Å². The first kappa shape index (κ1) is 12.0. The summed E-state index contributed by atoms with van der Waals surface area (Å²) in [6.45, 7) is 3.72. The summed E-state index contributed by atoms with van der Waals surface area (Å²) < 4.78 is 0. The Kier molecular flexibility index (Phi) is 3.46. The minimum Gasteiger partial charge on any atom is -0.477 e. The largest absolute Gasteiger partial charge is 0.477 e. The number of rotatable bonds is 4. The van der Waals surface area contributed by atoms with Crippen LogP contribution < -0.4 is 5.32 Å². The Labute approximate surface area is 93.9 Å². The summed E-state index contributed by atoms with van der Waals surface area (Å²) in [5.41, 5.74) is -0.601. The fraction of sp³-hybridized carbons (Fsp3) is 0.364. The molecule has 5 heteroatoms. The molecule has 0 saturated heterocycles. The molecule has 0 aromatic carbocycles. The van der Waals surface area contributed by atoms with Crippen LogP contribution in [0.25, 0.3) is 0 Å². The van der Waals surface area contributed by atoms with Crippen LogP contribution in [0.15, 0.2) is 12.5 Å². The first-order valence-electron chi connectivity index (χ1n) is 4.81. The Bertz CT molecular complexity index is 439. The Morgan fingerprint density at radius 1 is 1.75 bits per heavy atom. The van der Waals surface area contributed by atoms with Gasteiger partial charge in [0.05, 0.1) is 5.54 Å². The Morgan fingerprint density at radius 3 is 2.94 bits per heavy atom. The molecule has 0 aliphatic heterocycles. The lowest BCUT2D eigenvalue weighted by molar-refractivity contribution is 0.0697. The molecule has 2 N–H and O–H groups in total. The van der Waals surface area contributed by atoms with Crippen molar-refractivity contribution in [1.82, 2.24) is 9.97 Å². The molecule has 1 aromatic heterocycles. The first-order chi connectivity index (χ1) is 7.52. The molecule has 16 heavy (non-hydrogen) atoms. The van der Waals surface area contributed by atoms with Gasteiger partial charge in [-0.25, -0.2) is 14.8 Å². The van der Waals surface area contributed by atoms with Gasteiger partial charge in [0.25, 0.3) is 0 Å². The number of carboxylic acids is 1. The van der Waals surface area contributed by atoms with E-state index in [1.165, 1.54) is 12.5 Å². The molecule has 0 saturated carbocycles. The van der Waals surface area contributed by atoms with Gasteiger partial charge in [-0.15, -0.1) is 6.42 Å². The van der Waals surface area contributed by atoms with E-state index in [9.17, 15) is 4.79 Å². The zero-order chi connectivity index (χ0) is 12.2. The van der Waals surface area contributed by atoms with Crippen LogP contribution in [0.3, 0.4) is 0 Å². The predicted octanol–water partition coefficient (Wildman–Crippen LogP) is 1.39.